The molecule has 0 radical (unpaired) electrons. The Morgan fingerprint density at radius 2 is 1.64 bits per heavy atom. The Hall–Kier alpha value is -2.62. The van der Waals surface area contributed by atoms with E-state index in [1.807, 2.05) is 55.5 Å². The zero-order chi connectivity index (χ0) is 15.3. The van der Waals surface area contributed by atoms with E-state index in [4.69, 9.17) is 0 Å². The molecule has 2 heterocycles. The largest absolute Gasteiger partial charge is 0.332 e. The molecular formula is C18H16N2O2. The van der Waals surface area contributed by atoms with E-state index in [0.717, 1.165) is 16.7 Å². The van der Waals surface area contributed by atoms with Crippen molar-refractivity contribution < 1.29 is 9.59 Å². The van der Waals surface area contributed by atoms with Gasteiger partial charge in [0.25, 0.3) is 5.91 Å². The van der Waals surface area contributed by atoms with Gasteiger partial charge in [0, 0.05) is 13.0 Å². The van der Waals surface area contributed by atoms with Gasteiger partial charge in [0.1, 0.15) is 6.04 Å². The van der Waals surface area contributed by atoms with Gasteiger partial charge in [-0.1, -0.05) is 42.0 Å². The van der Waals surface area contributed by atoms with Crippen molar-refractivity contribution in [3.63, 3.8) is 0 Å². The van der Waals surface area contributed by atoms with Crippen LogP contribution in [-0.4, -0.2) is 22.9 Å². The van der Waals surface area contributed by atoms with Gasteiger partial charge in [0.15, 0.2) is 0 Å². The Labute approximate surface area is 129 Å². The third kappa shape index (κ3) is 1.84. The van der Waals surface area contributed by atoms with E-state index in [1.165, 1.54) is 4.90 Å². The van der Waals surface area contributed by atoms with Crippen molar-refractivity contribution in [1.29, 1.82) is 0 Å². The molecule has 0 saturated carbocycles. The average Bonchev–Trinajstić information content (AvgIpc) is 2.78. The van der Waals surface area contributed by atoms with Gasteiger partial charge in [-0.3, -0.25) is 4.79 Å². The Balaban J connectivity index is 1.71. The number of benzene rings is 2. The second-order valence-electron chi connectivity index (χ2n) is 5.91. The van der Waals surface area contributed by atoms with Crippen molar-refractivity contribution in [2.24, 2.45) is 0 Å². The van der Waals surface area contributed by atoms with Crippen LogP contribution in [0.5, 0.6) is 0 Å². The fourth-order valence-electron chi connectivity index (χ4n) is 3.25. The Morgan fingerprint density at radius 3 is 2.36 bits per heavy atom. The van der Waals surface area contributed by atoms with E-state index >= 15 is 0 Å². The van der Waals surface area contributed by atoms with Crippen molar-refractivity contribution in [1.82, 2.24) is 4.90 Å². The van der Waals surface area contributed by atoms with Crippen LogP contribution in [0.3, 0.4) is 0 Å². The highest BCUT2D eigenvalue weighted by atomic mass is 16.2. The normalized spacial score (nSPS) is 20.1. The summed E-state index contributed by atoms with van der Waals surface area (Å²) in [5.41, 5.74) is 4.05. The fraction of sp³-hybridized carbons (Fsp3) is 0.222. The number of aryl methyl sites for hydroxylation is 1. The molecule has 0 N–H and O–H groups in total. The highest BCUT2D eigenvalue weighted by molar-refractivity contribution is 6.21. The Morgan fingerprint density at radius 1 is 0.955 bits per heavy atom. The molecule has 110 valence electrons. The standard InChI is InChI=1S/C18H16N2O2/c1-12-6-8-15(9-7-12)20-17(21)16-10-13-4-2-3-5-14(13)11-19(16)18(20)22/h2-9,16H,10-11H2,1H3/t16-/m1/s1. The number of carbonyl (C=O) groups is 2. The van der Waals surface area contributed by atoms with E-state index in [1.54, 1.807) is 4.90 Å². The molecule has 0 bridgehead atoms. The van der Waals surface area contributed by atoms with E-state index in [2.05, 4.69) is 0 Å². The van der Waals surface area contributed by atoms with Gasteiger partial charge in [-0.2, -0.15) is 0 Å². The van der Waals surface area contributed by atoms with Gasteiger partial charge < -0.3 is 4.90 Å². The van der Waals surface area contributed by atoms with Crippen LogP contribution in [0.2, 0.25) is 0 Å². The van der Waals surface area contributed by atoms with Crippen LogP contribution in [0.4, 0.5) is 10.5 Å². The van der Waals surface area contributed by atoms with Crippen molar-refractivity contribution in [3.8, 4) is 0 Å². The molecule has 4 rings (SSSR count). The number of nitrogens with zero attached hydrogens (tertiary/aromatic N) is 2. The fourth-order valence-corrected chi connectivity index (χ4v) is 3.25. The van der Waals surface area contributed by atoms with Gasteiger partial charge >= 0.3 is 6.03 Å². The lowest BCUT2D eigenvalue weighted by atomic mass is 9.95. The highest BCUT2D eigenvalue weighted by Gasteiger charge is 2.47. The van der Waals surface area contributed by atoms with E-state index < -0.39 is 0 Å². The number of hydrogen-bond acceptors (Lipinski definition) is 2. The number of hydrogen-bond donors (Lipinski definition) is 0. The molecule has 0 spiro atoms. The van der Waals surface area contributed by atoms with E-state index in [-0.39, 0.29) is 18.0 Å². The quantitative estimate of drug-likeness (QED) is 0.758. The SMILES string of the molecule is Cc1ccc(N2C(=O)[C@H]3Cc4ccccc4CN3C2=O)cc1. The van der Waals surface area contributed by atoms with Crippen LogP contribution < -0.4 is 4.90 Å². The minimum absolute atomic E-state index is 0.122. The predicted molar refractivity (Wildman–Crippen MR) is 83.5 cm³/mol. The Bertz CT molecular complexity index is 724. The lowest BCUT2D eigenvalue weighted by molar-refractivity contribution is -0.119. The van der Waals surface area contributed by atoms with Gasteiger partial charge in [0.05, 0.1) is 5.69 Å². The third-order valence-electron chi connectivity index (χ3n) is 4.48. The van der Waals surface area contributed by atoms with Gasteiger partial charge in [0.2, 0.25) is 0 Å². The molecule has 0 aliphatic carbocycles. The number of rotatable bonds is 1. The smallest absolute Gasteiger partial charge is 0.307 e. The molecule has 2 aromatic carbocycles. The van der Waals surface area contributed by atoms with Crippen molar-refractivity contribution >= 4 is 17.6 Å². The van der Waals surface area contributed by atoms with Gasteiger partial charge in [-0.05, 0) is 30.2 Å². The first-order valence-electron chi connectivity index (χ1n) is 7.43. The summed E-state index contributed by atoms with van der Waals surface area (Å²) in [7, 11) is 0. The molecule has 1 saturated heterocycles. The maximum Gasteiger partial charge on any atom is 0.332 e. The monoisotopic (exact) mass is 292 g/mol. The molecule has 4 heteroatoms. The third-order valence-corrected chi connectivity index (χ3v) is 4.48. The summed E-state index contributed by atoms with van der Waals surface area (Å²) in [6.07, 6.45) is 0.600. The minimum atomic E-state index is -0.372. The number of fused-ring (bicyclic) bond motifs is 2. The van der Waals surface area contributed by atoms with E-state index in [9.17, 15) is 9.59 Å². The maximum absolute atomic E-state index is 12.7. The molecule has 2 aliphatic heterocycles. The molecule has 1 fully saturated rings. The molecule has 2 aliphatic rings. The van der Waals surface area contributed by atoms with Crippen LogP contribution in [0.15, 0.2) is 48.5 Å². The molecule has 0 unspecified atom stereocenters. The number of imide groups is 1. The van der Waals surface area contributed by atoms with Crippen molar-refractivity contribution in [2.75, 3.05) is 4.90 Å². The predicted octanol–water partition coefficient (Wildman–Crippen LogP) is 2.89. The molecular weight excluding hydrogens is 276 g/mol. The summed E-state index contributed by atoms with van der Waals surface area (Å²) in [6.45, 7) is 2.49. The summed E-state index contributed by atoms with van der Waals surface area (Å²) in [6, 6.07) is 14.9. The summed E-state index contributed by atoms with van der Waals surface area (Å²) < 4.78 is 0. The summed E-state index contributed by atoms with van der Waals surface area (Å²) >= 11 is 0. The molecule has 2 aromatic rings. The first kappa shape index (κ1) is 13.1. The Kier molecular flexibility index (Phi) is 2.79. The summed E-state index contributed by atoms with van der Waals surface area (Å²) in [5.74, 6) is -0.122. The highest BCUT2D eigenvalue weighted by Crippen LogP contribution is 2.32. The number of amides is 3. The molecule has 1 atom stereocenters. The number of anilines is 1. The number of urea groups is 1. The second-order valence-corrected chi connectivity index (χ2v) is 5.91. The average molecular weight is 292 g/mol. The lowest BCUT2D eigenvalue weighted by Gasteiger charge is -2.28. The zero-order valence-electron chi connectivity index (χ0n) is 12.3. The van der Waals surface area contributed by atoms with Gasteiger partial charge in [-0.25, -0.2) is 9.69 Å². The van der Waals surface area contributed by atoms with Crippen LogP contribution in [0.25, 0.3) is 0 Å². The van der Waals surface area contributed by atoms with Crippen molar-refractivity contribution in [2.45, 2.75) is 25.9 Å². The molecule has 4 nitrogen and oxygen atoms in total. The second kappa shape index (κ2) is 4.70. The maximum atomic E-state index is 12.7. The van der Waals surface area contributed by atoms with Gasteiger partial charge in [-0.15, -0.1) is 0 Å². The zero-order valence-corrected chi connectivity index (χ0v) is 12.3. The topological polar surface area (TPSA) is 40.6 Å². The number of carbonyl (C=O) groups excluding carboxylic acids is 2. The first-order valence-corrected chi connectivity index (χ1v) is 7.43. The van der Waals surface area contributed by atoms with Crippen LogP contribution in [0, 0.1) is 6.92 Å². The molecule has 0 aromatic heterocycles. The first-order chi connectivity index (χ1) is 10.6. The molecule has 22 heavy (non-hydrogen) atoms. The summed E-state index contributed by atoms with van der Waals surface area (Å²) in [5, 5.41) is 0. The molecule has 3 amide bonds. The lowest BCUT2D eigenvalue weighted by Crippen LogP contribution is -2.39. The van der Waals surface area contributed by atoms with Crippen molar-refractivity contribution in [3.05, 3.63) is 65.2 Å². The minimum Gasteiger partial charge on any atom is -0.307 e. The van der Waals surface area contributed by atoms with Crippen LogP contribution in [-0.2, 0) is 17.8 Å². The van der Waals surface area contributed by atoms with Crippen LogP contribution >= 0.6 is 0 Å². The van der Waals surface area contributed by atoms with E-state index in [0.29, 0.717) is 18.7 Å². The summed E-state index contributed by atoms with van der Waals surface area (Å²) in [4.78, 5) is 28.4. The van der Waals surface area contributed by atoms with Crippen LogP contribution in [0.1, 0.15) is 16.7 Å².